The Balaban J connectivity index is 1.94. The SMILES string of the molecule is Cc1ccc(C)c(C(=O)CCC(=O)Nc2ccc(Br)c(C)c2)c1. The molecule has 0 fully saturated rings. The van der Waals surface area contributed by atoms with Gasteiger partial charge in [0.25, 0.3) is 0 Å². The highest BCUT2D eigenvalue weighted by Gasteiger charge is 2.12. The van der Waals surface area contributed by atoms with Gasteiger partial charge in [-0.2, -0.15) is 0 Å². The number of carbonyl (C=O) groups is 2. The van der Waals surface area contributed by atoms with Crippen molar-refractivity contribution < 1.29 is 9.59 Å². The van der Waals surface area contributed by atoms with Gasteiger partial charge in [-0.05, 0) is 56.2 Å². The molecule has 0 radical (unpaired) electrons. The van der Waals surface area contributed by atoms with Gasteiger partial charge in [-0.25, -0.2) is 0 Å². The number of hydrogen-bond donors (Lipinski definition) is 1. The molecule has 3 nitrogen and oxygen atoms in total. The molecule has 0 saturated carbocycles. The lowest BCUT2D eigenvalue weighted by molar-refractivity contribution is -0.116. The molecule has 0 saturated heterocycles. The van der Waals surface area contributed by atoms with Gasteiger partial charge in [-0.3, -0.25) is 9.59 Å². The summed E-state index contributed by atoms with van der Waals surface area (Å²) in [5, 5.41) is 2.83. The molecule has 23 heavy (non-hydrogen) atoms. The molecule has 4 heteroatoms. The molecule has 0 aliphatic carbocycles. The maximum Gasteiger partial charge on any atom is 0.224 e. The number of carbonyl (C=O) groups excluding carboxylic acids is 2. The average molecular weight is 374 g/mol. The van der Waals surface area contributed by atoms with Crippen LogP contribution in [0.2, 0.25) is 0 Å². The van der Waals surface area contributed by atoms with E-state index in [0.29, 0.717) is 5.56 Å². The molecule has 0 bridgehead atoms. The molecular weight excluding hydrogens is 354 g/mol. The molecular formula is C19H20BrNO2. The van der Waals surface area contributed by atoms with Gasteiger partial charge in [0.15, 0.2) is 5.78 Å². The van der Waals surface area contributed by atoms with Gasteiger partial charge in [0, 0.05) is 28.6 Å². The third kappa shape index (κ3) is 4.76. The molecule has 0 heterocycles. The predicted molar refractivity (Wildman–Crippen MR) is 97.0 cm³/mol. The second kappa shape index (κ2) is 7.55. The lowest BCUT2D eigenvalue weighted by atomic mass is 9.99. The van der Waals surface area contributed by atoms with E-state index in [4.69, 9.17) is 0 Å². The number of Topliss-reactive ketones (excluding diaryl/α,β-unsaturated/α-hetero) is 1. The first-order valence-corrected chi connectivity index (χ1v) is 8.32. The van der Waals surface area contributed by atoms with Crippen LogP contribution in [0, 0.1) is 20.8 Å². The Morgan fingerprint density at radius 2 is 1.70 bits per heavy atom. The monoisotopic (exact) mass is 373 g/mol. The topological polar surface area (TPSA) is 46.2 Å². The van der Waals surface area contributed by atoms with Crippen molar-refractivity contribution >= 4 is 33.3 Å². The summed E-state index contributed by atoms with van der Waals surface area (Å²) in [5.74, 6) is -0.140. The summed E-state index contributed by atoms with van der Waals surface area (Å²) in [6.45, 7) is 5.83. The largest absolute Gasteiger partial charge is 0.326 e. The zero-order chi connectivity index (χ0) is 17.0. The van der Waals surface area contributed by atoms with Crippen LogP contribution < -0.4 is 5.32 Å². The van der Waals surface area contributed by atoms with E-state index >= 15 is 0 Å². The number of aryl methyl sites for hydroxylation is 3. The number of benzene rings is 2. The van der Waals surface area contributed by atoms with Crippen molar-refractivity contribution in [2.75, 3.05) is 5.32 Å². The maximum atomic E-state index is 12.3. The number of anilines is 1. The number of rotatable bonds is 5. The van der Waals surface area contributed by atoms with Crippen LogP contribution in [0.5, 0.6) is 0 Å². The van der Waals surface area contributed by atoms with Crippen molar-refractivity contribution in [3.05, 3.63) is 63.1 Å². The highest BCUT2D eigenvalue weighted by atomic mass is 79.9. The number of hydrogen-bond acceptors (Lipinski definition) is 2. The molecule has 0 spiro atoms. The van der Waals surface area contributed by atoms with E-state index in [2.05, 4.69) is 21.2 Å². The molecule has 1 amide bonds. The van der Waals surface area contributed by atoms with Gasteiger partial charge in [0.1, 0.15) is 0 Å². The van der Waals surface area contributed by atoms with Crippen LogP contribution in [0.1, 0.15) is 39.9 Å². The van der Waals surface area contributed by atoms with Crippen LogP contribution in [0.15, 0.2) is 40.9 Å². The normalized spacial score (nSPS) is 10.4. The van der Waals surface area contributed by atoms with Gasteiger partial charge in [0.2, 0.25) is 5.91 Å². The summed E-state index contributed by atoms with van der Waals surface area (Å²) >= 11 is 3.43. The minimum atomic E-state index is -0.148. The maximum absolute atomic E-state index is 12.3. The van der Waals surface area contributed by atoms with E-state index < -0.39 is 0 Å². The van der Waals surface area contributed by atoms with Gasteiger partial charge in [-0.1, -0.05) is 33.6 Å². The summed E-state index contributed by atoms with van der Waals surface area (Å²) in [6, 6.07) is 11.4. The molecule has 0 unspecified atom stereocenters. The molecule has 0 atom stereocenters. The standard InChI is InChI=1S/C19H20BrNO2/c1-12-4-5-13(2)16(10-12)18(22)8-9-19(23)21-15-6-7-17(20)14(3)11-15/h4-7,10-11H,8-9H2,1-3H3,(H,21,23). The molecule has 1 N–H and O–H groups in total. The van der Waals surface area contributed by atoms with E-state index in [1.807, 2.05) is 57.2 Å². The third-order valence-electron chi connectivity index (χ3n) is 3.71. The minimum Gasteiger partial charge on any atom is -0.326 e. The Hall–Kier alpha value is -1.94. The van der Waals surface area contributed by atoms with Crippen LogP contribution in [0.3, 0.4) is 0 Å². The average Bonchev–Trinajstić information content (AvgIpc) is 2.51. The number of amides is 1. The lowest BCUT2D eigenvalue weighted by Crippen LogP contribution is -2.14. The zero-order valence-corrected chi connectivity index (χ0v) is 15.2. The van der Waals surface area contributed by atoms with Crippen LogP contribution in [0.4, 0.5) is 5.69 Å². The van der Waals surface area contributed by atoms with E-state index in [0.717, 1.165) is 26.9 Å². The van der Waals surface area contributed by atoms with E-state index in [-0.39, 0.29) is 24.5 Å². The molecule has 2 aromatic rings. The second-order valence-corrected chi connectivity index (χ2v) is 6.61. The minimum absolute atomic E-state index is 0.00772. The molecule has 2 aromatic carbocycles. The Morgan fingerprint density at radius 3 is 2.39 bits per heavy atom. The number of nitrogens with one attached hydrogen (secondary N) is 1. The van der Waals surface area contributed by atoms with Crippen LogP contribution in [0.25, 0.3) is 0 Å². The van der Waals surface area contributed by atoms with E-state index in [1.165, 1.54) is 0 Å². The Bertz CT molecular complexity index is 753. The summed E-state index contributed by atoms with van der Waals surface area (Å²) in [4.78, 5) is 24.3. The lowest BCUT2D eigenvalue weighted by Gasteiger charge is -2.08. The molecule has 2 rings (SSSR count). The fourth-order valence-corrected chi connectivity index (χ4v) is 2.59. The number of halogens is 1. The first kappa shape index (κ1) is 17.4. The van der Waals surface area contributed by atoms with Crippen molar-refractivity contribution in [2.24, 2.45) is 0 Å². The molecule has 0 aliphatic rings. The van der Waals surface area contributed by atoms with Crippen molar-refractivity contribution in [1.29, 1.82) is 0 Å². The Labute approximate surface area is 145 Å². The van der Waals surface area contributed by atoms with E-state index in [9.17, 15) is 9.59 Å². The highest BCUT2D eigenvalue weighted by molar-refractivity contribution is 9.10. The predicted octanol–water partition coefficient (Wildman–Crippen LogP) is 4.98. The van der Waals surface area contributed by atoms with E-state index in [1.54, 1.807) is 0 Å². The molecule has 0 aliphatic heterocycles. The quantitative estimate of drug-likeness (QED) is 0.751. The Morgan fingerprint density at radius 1 is 0.957 bits per heavy atom. The van der Waals surface area contributed by atoms with Crippen molar-refractivity contribution in [3.8, 4) is 0 Å². The second-order valence-electron chi connectivity index (χ2n) is 5.75. The van der Waals surface area contributed by atoms with Crippen molar-refractivity contribution in [3.63, 3.8) is 0 Å². The van der Waals surface area contributed by atoms with Crippen LogP contribution in [-0.4, -0.2) is 11.7 Å². The van der Waals surface area contributed by atoms with Crippen LogP contribution >= 0.6 is 15.9 Å². The van der Waals surface area contributed by atoms with Gasteiger partial charge in [-0.15, -0.1) is 0 Å². The first-order valence-electron chi connectivity index (χ1n) is 7.53. The van der Waals surface area contributed by atoms with Crippen molar-refractivity contribution in [2.45, 2.75) is 33.6 Å². The summed E-state index contributed by atoms with van der Waals surface area (Å²) < 4.78 is 1.00. The summed E-state index contributed by atoms with van der Waals surface area (Å²) in [5.41, 5.74) is 4.50. The third-order valence-corrected chi connectivity index (χ3v) is 4.60. The fraction of sp³-hybridized carbons (Fsp3) is 0.263. The van der Waals surface area contributed by atoms with Crippen molar-refractivity contribution in [1.82, 2.24) is 0 Å². The van der Waals surface area contributed by atoms with Gasteiger partial charge in [0.05, 0.1) is 0 Å². The first-order chi connectivity index (χ1) is 10.9. The van der Waals surface area contributed by atoms with Gasteiger partial charge >= 0.3 is 0 Å². The summed E-state index contributed by atoms with van der Waals surface area (Å²) in [6.07, 6.45) is 0.396. The van der Waals surface area contributed by atoms with Gasteiger partial charge < -0.3 is 5.32 Å². The number of ketones is 1. The summed E-state index contributed by atoms with van der Waals surface area (Å²) in [7, 11) is 0. The molecule has 0 aromatic heterocycles. The smallest absolute Gasteiger partial charge is 0.224 e. The highest BCUT2D eigenvalue weighted by Crippen LogP contribution is 2.20. The molecule has 120 valence electrons. The van der Waals surface area contributed by atoms with Crippen LogP contribution in [-0.2, 0) is 4.79 Å². The fourth-order valence-electron chi connectivity index (χ4n) is 2.34. The zero-order valence-electron chi connectivity index (χ0n) is 13.6. The Kier molecular flexibility index (Phi) is 5.72.